The summed E-state index contributed by atoms with van der Waals surface area (Å²) in [4.78, 5) is 0. The lowest BCUT2D eigenvalue weighted by atomic mass is 10.1. The molecule has 0 aromatic heterocycles. The van der Waals surface area contributed by atoms with Gasteiger partial charge in [0.15, 0.2) is 0 Å². The van der Waals surface area contributed by atoms with Crippen molar-refractivity contribution in [2.24, 2.45) is 5.92 Å². The number of aliphatic hydroxyl groups is 1. The van der Waals surface area contributed by atoms with Crippen molar-refractivity contribution in [2.75, 3.05) is 17.1 Å². The highest BCUT2D eigenvalue weighted by Gasteiger charge is 2.11. The fourth-order valence-electron chi connectivity index (χ4n) is 1.66. The first-order valence-electron chi connectivity index (χ1n) is 7.05. The number of hydrogen-bond donors (Lipinski definition) is 2. The third-order valence-corrected chi connectivity index (χ3v) is 4.25. The van der Waals surface area contributed by atoms with E-state index in [9.17, 15) is 8.42 Å². The van der Waals surface area contributed by atoms with Gasteiger partial charge in [-0.2, -0.15) is 0 Å². The molecule has 0 aliphatic carbocycles. The van der Waals surface area contributed by atoms with Gasteiger partial charge < -0.3 is 5.11 Å². The fourth-order valence-corrected chi connectivity index (χ4v) is 3.03. The number of rotatable bonds is 6. The Morgan fingerprint density at radius 1 is 1.33 bits per heavy atom. The van der Waals surface area contributed by atoms with Crippen molar-refractivity contribution in [3.8, 4) is 11.8 Å². The smallest absolute Gasteiger partial charge is 0.232 e. The summed E-state index contributed by atoms with van der Waals surface area (Å²) < 4.78 is 26.5. The highest BCUT2D eigenvalue weighted by molar-refractivity contribution is 7.92. The maximum atomic E-state index is 12.0. The van der Waals surface area contributed by atoms with Gasteiger partial charge >= 0.3 is 0 Å². The van der Waals surface area contributed by atoms with Gasteiger partial charge in [-0.15, -0.1) is 0 Å². The second-order valence-electron chi connectivity index (χ2n) is 5.41. The summed E-state index contributed by atoms with van der Waals surface area (Å²) in [5.41, 5.74) is 2.27. The standard InChI is InChI=1S/C16H23NO3S/c1-13(2)9-11-21(19,20)17-16-8-7-14(3)15(12-16)6-4-5-10-18/h7-8,12-13,17-18H,5,9-11H2,1-3H3. The van der Waals surface area contributed by atoms with E-state index in [1.807, 2.05) is 26.8 Å². The van der Waals surface area contributed by atoms with Crippen LogP contribution in [0, 0.1) is 24.7 Å². The van der Waals surface area contributed by atoms with Crippen LogP contribution in [-0.2, 0) is 10.0 Å². The molecular formula is C16H23NO3S. The quantitative estimate of drug-likeness (QED) is 0.794. The van der Waals surface area contributed by atoms with Crippen LogP contribution in [-0.4, -0.2) is 25.9 Å². The molecule has 1 aromatic carbocycles. The van der Waals surface area contributed by atoms with E-state index in [-0.39, 0.29) is 12.4 Å². The average molecular weight is 309 g/mol. The van der Waals surface area contributed by atoms with Gasteiger partial charge in [0.05, 0.1) is 12.4 Å². The Morgan fingerprint density at radius 3 is 2.67 bits per heavy atom. The van der Waals surface area contributed by atoms with Crippen LogP contribution >= 0.6 is 0 Å². The van der Waals surface area contributed by atoms with Gasteiger partial charge in [-0.3, -0.25) is 4.72 Å². The van der Waals surface area contributed by atoms with Crippen LogP contribution in [0.5, 0.6) is 0 Å². The van der Waals surface area contributed by atoms with Crippen LogP contribution in [0.4, 0.5) is 5.69 Å². The zero-order valence-corrected chi connectivity index (χ0v) is 13.6. The van der Waals surface area contributed by atoms with E-state index in [4.69, 9.17) is 5.11 Å². The first kappa shape index (κ1) is 17.5. The highest BCUT2D eigenvalue weighted by Crippen LogP contribution is 2.16. The molecule has 21 heavy (non-hydrogen) atoms. The zero-order valence-electron chi connectivity index (χ0n) is 12.8. The van der Waals surface area contributed by atoms with Crippen molar-refractivity contribution < 1.29 is 13.5 Å². The average Bonchev–Trinajstić information content (AvgIpc) is 2.40. The van der Waals surface area contributed by atoms with Crippen LogP contribution in [0.25, 0.3) is 0 Å². The summed E-state index contributed by atoms with van der Waals surface area (Å²) in [6, 6.07) is 5.30. The molecule has 0 bridgehead atoms. The van der Waals surface area contributed by atoms with Crippen LogP contribution in [0.3, 0.4) is 0 Å². The molecule has 0 aliphatic rings. The van der Waals surface area contributed by atoms with Crippen molar-refractivity contribution in [3.05, 3.63) is 29.3 Å². The molecule has 0 atom stereocenters. The fraction of sp³-hybridized carbons (Fsp3) is 0.500. The Kier molecular flexibility index (Phi) is 6.73. The Morgan fingerprint density at radius 2 is 2.05 bits per heavy atom. The first-order valence-corrected chi connectivity index (χ1v) is 8.70. The highest BCUT2D eigenvalue weighted by atomic mass is 32.2. The molecule has 4 nitrogen and oxygen atoms in total. The minimum atomic E-state index is -3.32. The van der Waals surface area contributed by atoms with Crippen LogP contribution < -0.4 is 4.72 Å². The summed E-state index contributed by atoms with van der Waals surface area (Å²) in [6.07, 6.45) is 1.04. The van der Waals surface area contributed by atoms with Crippen LogP contribution in [0.2, 0.25) is 0 Å². The predicted octanol–water partition coefficient (Wildman–Crippen LogP) is 2.52. The minimum absolute atomic E-state index is 0.0214. The molecule has 0 spiro atoms. The molecule has 0 aliphatic heterocycles. The summed E-state index contributed by atoms with van der Waals surface area (Å²) in [7, 11) is -3.32. The molecular weight excluding hydrogens is 286 g/mol. The molecule has 0 amide bonds. The van der Waals surface area contributed by atoms with Gasteiger partial charge in [-0.05, 0) is 37.0 Å². The Hall–Kier alpha value is -1.51. The Balaban J connectivity index is 2.85. The number of nitrogens with one attached hydrogen (secondary N) is 1. The number of hydrogen-bond acceptors (Lipinski definition) is 3. The minimum Gasteiger partial charge on any atom is -0.395 e. The predicted molar refractivity (Wildman–Crippen MR) is 86.6 cm³/mol. The number of aryl methyl sites for hydroxylation is 1. The van der Waals surface area contributed by atoms with Gasteiger partial charge in [-0.25, -0.2) is 8.42 Å². The lowest BCUT2D eigenvalue weighted by Crippen LogP contribution is -2.18. The number of anilines is 1. The van der Waals surface area contributed by atoms with Gasteiger partial charge in [-0.1, -0.05) is 31.8 Å². The van der Waals surface area contributed by atoms with Crippen molar-refractivity contribution in [2.45, 2.75) is 33.6 Å². The van der Waals surface area contributed by atoms with Crippen molar-refractivity contribution in [1.29, 1.82) is 0 Å². The number of sulfonamides is 1. The Bertz CT molecular complexity index is 625. The number of benzene rings is 1. The van der Waals surface area contributed by atoms with Crippen LogP contribution in [0.15, 0.2) is 18.2 Å². The second-order valence-corrected chi connectivity index (χ2v) is 7.25. The molecule has 0 saturated carbocycles. The maximum Gasteiger partial charge on any atom is 0.232 e. The first-order chi connectivity index (χ1) is 9.84. The zero-order chi connectivity index (χ0) is 15.9. The molecule has 2 N–H and O–H groups in total. The van der Waals surface area contributed by atoms with E-state index in [1.165, 1.54) is 0 Å². The topological polar surface area (TPSA) is 66.4 Å². The van der Waals surface area contributed by atoms with E-state index >= 15 is 0 Å². The molecule has 0 radical (unpaired) electrons. The normalized spacial score (nSPS) is 11.1. The SMILES string of the molecule is Cc1ccc(NS(=O)(=O)CCC(C)C)cc1C#CCCO. The third kappa shape index (κ3) is 6.65. The summed E-state index contributed by atoms with van der Waals surface area (Å²) in [6.45, 7) is 5.93. The molecule has 5 heteroatoms. The number of aliphatic hydroxyl groups excluding tert-OH is 1. The summed E-state index contributed by atoms with van der Waals surface area (Å²) in [5, 5.41) is 8.73. The van der Waals surface area contributed by atoms with E-state index < -0.39 is 10.0 Å². The van der Waals surface area contributed by atoms with E-state index in [0.717, 1.165) is 11.1 Å². The molecule has 1 aromatic rings. The van der Waals surface area contributed by atoms with Gasteiger partial charge in [0.25, 0.3) is 0 Å². The second kappa shape index (κ2) is 8.06. The molecule has 116 valence electrons. The molecule has 0 fully saturated rings. The summed E-state index contributed by atoms with van der Waals surface area (Å²) in [5.74, 6) is 6.25. The van der Waals surface area contributed by atoms with E-state index in [0.29, 0.717) is 24.4 Å². The third-order valence-electron chi connectivity index (χ3n) is 2.93. The monoisotopic (exact) mass is 309 g/mol. The van der Waals surface area contributed by atoms with Gasteiger partial charge in [0, 0.05) is 17.7 Å². The van der Waals surface area contributed by atoms with Crippen molar-refractivity contribution in [3.63, 3.8) is 0 Å². The lowest BCUT2D eigenvalue weighted by Gasteiger charge is -2.10. The molecule has 0 heterocycles. The van der Waals surface area contributed by atoms with Gasteiger partial charge in [0.2, 0.25) is 10.0 Å². The Labute approximate surface area is 127 Å². The van der Waals surface area contributed by atoms with Crippen LogP contribution in [0.1, 0.15) is 37.8 Å². The molecule has 1 rings (SSSR count). The van der Waals surface area contributed by atoms with Crippen molar-refractivity contribution in [1.82, 2.24) is 0 Å². The largest absolute Gasteiger partial charge is 0.395 e. The van der Waals surface area contributed by atoms with Crippen molar-refractivity contribution >= 4 is 15.7 Å². The van der Waals surface area contributed by atoms with E-state index in [1.54, 1.807) is 12.1 Å². The molecule has 0 unspecified atom stereocenters. The lowest BCUT2D eigenvalue weighted by molar-refractivity contribution is 0.305. The maximum absolute atomic E-state index is 12.0. The van der Waals surface area contributed by atoms with E-state index in [2.05, 4.69) is 16.6 Å². The van der Waals surface area contributed by atoms with Gasteiger partial charge in [0.1, 0.15) is 0 Å². The molecule has 0 saturated heterocycles. The summed E-state index contributed by atoms with van der Waals surface area (Å²) >= 11 is 0.